The number of pyridine rings is 1. The molecule has 0 radical (unpaired) electrons. The summed E-state index contributed by atoms with van der Waals surface area (Å²) >= 11 is 0. The summed E-state index contributed by atoms with van der Waals surface area (Å²) in [4.78, 5) is 34.1. The zero-order valence-electron chi connectivity index (χ0n) is 26.2. The van der Waals surface area contributed by atoms with Crippen LogP contribution in [0, 0.1) is 5.92 Å². The van der Waals surface area contributed by atoms with Crippen LogP contribution in [0.2, 0.25) is 0 Å². The molecule has 8 nitrogen and oxygen atoms in total. The second-order valence-corrected chi connectivity index (χ2v) is 12.3. The molecule has 11 heteroatoms. The largest absolute Gasteiger partial charge is 0.496 e. The van der Waals surface area contributed by atoms with Gasteiger partial charge in [-0.1, -0.05) is 18.2 Å². The monoisotopic (exact) mass is 637 g/mol. The number of nitrogens with zero attached hydrogens (tertiary/aromatic N) is 3. The van der Waals surface area contributed by atoms with Crippen LogP contribution in [0.4, 0.5) is 23.8 Å². The van der Waals surface area contributed by atoms with Crippen molar-refractivity contribution in [1.82, 2.24) is 9.88 Å². The Morgan fingerprint density at radius 2 is 1.74 bits per heavy atom. The van der Waals surface area contributed by atoms with E-state index in [1.54, 1.807) is 20.1 Å². The topological polar surface area (TPSA) is 81.2 Å². The fourth-order valence-corrected chi connectivity index (χ4v) is 6.81. The molecule has 0 spiro atoms. The van der Waals surface area contributed by atoms with E-state index in [0.29, 0.717) is 11.4 Å². The van der Waals surface area contributed by atoms with E-state index in [9.17, 15) is 22.8 Å². The lowest BCUT2D eigenvalue weighted by Crippen LogP contribution is -2.38. The number of methoxy groups -OCH3 is 2. The first-order valence-corrected chi connectivity index (χ1v) is 15.7. The number of rotatable bonds is 8. The molecule has 1 amide bonds. The number of hydrogen-bond donors (Lipinski definition) is 0. The lowest BCUT2D eigenvalue weighted by atomic mass is 9.78. The molecule has 1 aromatic heterocycles. The van der Waals surface area contributed by atoms with Crippen LogP contribution in [0.3, 0.4) is 0 Å². The molecule has 2 aromatic carbocycles. The number of halogens is 3. The molecule has 6 rings (SSSR count). The predicted octanol–water partition coefficient (Wildman–Crippen LogP) is 7.51. The number of ether oxygens (including phenoxy) is 3. The number of esters is 1. The van der Waals surface area contributed by atoms with Gasteiger partial charge in [-0.3, -0.25) is 9.69 Å². The van der Waals surface area contributed by atoms with Gasteiger partial charge in [0.2, 0.25) is 0 Å². The summed E-state index contributed by atoms with van der Waals surface area (Å²) in [6.45, 7) is 3.65. The van der Waals surface area contributed by atoms with Gasteiger partial charge in [-0.05, 0) is 92.5 Å². The number of carbonyl (C=O) groups is 2. The molecule has 2 aliphatic heterocycles. The molecule has 3 aromatic rings. The first kappa shape index (κ1) is 31.7. The van der Waals surface area contributed by atoms with Crippen LogP contribution in [0.25, 0.3) is 11.1 Å². The third kappa shape index (κ3) is 6.24. The van der Waals surface area contributed by atoms with Crippen LogP contribution in [0.1, 0.15) is 73.4 Å². The number of amides is 1. The number of anilines is 1. The first-order chi connectivity index (χ1) is 22.1. The smallest absolute Gasteiger partial charge is 0.416 e. The van der Waals surface area contributed by atoms with E-state index in [2.05, 4.69) is 17.0 Å². The summed E-state index contributed by atoms with van der Waals surface area (Å²) in [5.41, 5.74) is 2.91. The minimum absolute atomic E-state index is 0.0780. The van der Waals surface area contributed by atoms with E-state index in [1.807, 2.05) is 18.2 Å². The summed E-state index contributed by atoms with van der Waals surface area (Å²) in [7, 11) is 3.04. The highest BCUT2D eigenvalue weighted by molar-refractivity contribution is 5.76. The van der Waals surface area contributed by atoms with Crippen LogP contribution in [-0.4, -0.2) is 55.3 Å². The molecule has 0 bridgehead atoms. The van der Waals surface area contributed by atoms with Gasteiger partial charge in [-0.2, -0.15) is 13.2 Å². The highest BCUT2D eigenvalue weighted by Crippen LogP contribution is 2.42. The third-order valence-corrected chi connectivity index (χ3v) is 9.64. The highest BCUT2D eigenvalue weighted by atomic mass is 19.4. The van der Waals surface area contributed by atoms with Crippen molar-refractivity contribution in [2.75, 3.05) is 32.2 Å². The van der Waals surface area contributed by atoms with Gasteiger partial charge in [0.05, 0.1) is 44.0 Å². The zero-order valence-corrected chi connectivity index (χ0v) is 26.2. The molecule has 1 aliphatic carbocycles. The Balaban J connectivity index is 1.32. The molecule has 244 valence electrons. The van der Waals surface area contributed by atoms with Crippen molar-refractivity contribution < 1.29 is 37.0 Å². The fraction of sp³-hybridized carbons (Fsp3) is 0.457. The van der Waals surface area contributed by atoms with Crippen molar-refractivity contribution in [2.24, 2.45) is 5.92 Å². The van der Waals surface area contributed by atoms with Crippen molar-refractivity contribution in [3.8, 4) is 16.9 Å². The number of aromatic nitrogens is 1. The summed E-state index contributed by atoms with van der Waals surface area (Å²) in [6, 6.07) is 14.5. The molecular formula is C35H38F3N3O5. The Hall–Kier alpha value is -4.28. The summed E-state index contributed by atoms with van der Waals surface area (Å²) in [6.07, 6.45) is -1.67. The van der Waals surface area contributed by atoms with E-state index in [-0.39, 0.29) is 29.9 Å². The highest BCUT2D eigenvalue weighted by Gasteiger charge is 2.41. The Kier molecular flexibility index (Phi) is 8.85. The second-order valence-electron chi connectivity index (χ2n) is 12.3. The minimum atomic E-state index is -4.51. The molecule has 3 heterocycles. The standard InChI is InChI=1S/C35H38F3N3O5/c1-21-32(25-6-4-7-26(18-25)35(36,37)38)46-34(43)41(21)20-29-27(13-15-31(39-29)40-16-5-17-40)28-19-24(12-14-30(28)44-2)22-8-10-23(11-9-22)33(42)45-3/h4,6-7,12-15,18-19,21-23,32H,5,8-11,16-17,20H2,1-3H3/t21-,22?,23?,32-/m0/s1. The van der Waals surface area contributed by atoms with Crippen molar-refractivity contribution in [3.63, 3.8) is 0 Å². The van der Waals surface area contributed by atoms with Crippen LogP contribution in [-0.2, 0) is 27.0 Å². The van der Waals surface area contributed by atoms with E-state index in [0.717, 1.165) is 79.8 Å². The van der Waals surface area contributed by atoms with Gasteiger partial charge >= 0.3 is 18.2 Å². The Morgan fingerprint density at radius 1 is 0.978 bits per heavy atom. The van der Waals surface area contributed by atoms with Crippen LogP contribution in [0.5, 0.6) is 5.75 Å². The second kappa shape index (κ2) is 12.8. The molecule has 1 saturated carbocycles. The predicted molar refractivity (Wildman–Crippen MR) is 165 cm³/mol. The lowest BCUT2D eigenvalue weighted by Gasteiger charge is -2.33. The molecule has 3 aliphatic rings. The van der Waals surface area contributed by atoms with Crippen molar-refractivity contribution in [3.05, 3.63) is 77.0 Å². The van der Waals surface area contributed by atoms with Gasteiger partial charge in [0.1, 0.15) is 17.7 Å². The van der Waals surface area contributed by atoms with Crippen molar-refractivity contribution in [2.45, 2.75) is 69.8 Å². The quantitative estimate of drug-likeness (QED) is 0.237. The molecule has 0 N–H and O–H groups in total. The molecule has 3 fully saturated rings. The maximum atomic E-state index is 13.4. The van der Waals surface area contributed by atoms with Gasteiger partial charge in [-0.15, -0.1) is 0 Å². The van der Waals surface area contributed by atoms with E-state index in [1.165, 1.54) is 18.1 Å². The number of hydrogen-bond acceptors (Lipinski definition) is 7. The number of cyclic esters (lactones) is 1. The van der Waals surface area contributed by atoms with E-state index in [4.69, 9.17) is 19.2 Å². The molecule has 46 heavy (non-hydrogen) atoms. The number of benzene rings is 2. The first-order valence-electron chi connectivity index (χ1n) is 15.7. The minimum Gasteiger partial charge on any atom is -0.496 e. The van der Waals surface area contributed by atoms with Crippen molar-refractivity contribution >= 4 is 17.9 Å². The van der Waals surface area contributed by atoms with Gasteiger partial charge in [0, 0.05) is 24.2 Å². The van der Waals surface area contributed by atoms with Gasteiger partial charge in [0.15, 0.2) is 0 Å². The SMILES string of the molecule is COC(=O)C1CCC(c2ccc(OC)c(-c3ccc(N4CCC4)nc3CN3C(=O)O[C@H](c4cccc(C(F)(F)F)c4)[C@@H]3C)c2)CC1. The van der Waals surface area contributed by atoms with Gasteiger partial charge < -0.3 is 19.1 Å². The normalized spacial score (nSPS) is 23.1. The van der Waals surface area contributed by atoms with Crippen LogP contribution < -0.4 is 9.64 Å². The van der Waals surface area contributed by atoms with E-state index >= 15 is 0 Å². The fourth-order valence-electron chi connectivity index (χ4n) is 6.81. The Morgan fingerprint density at radius 3 is 2.39 bits per heavy atom. The lowest BCUT2D eigenvalue weighted by molar-refractivity contribution is -0.146. The average molecular weight is 638 g/mol. The summed E-state index contributed by atoms with van der Waals surface area (Å²) in [5, 5.41) is 0. The van der Waals surface area contributed by atoms with E-state index < -0.39 is 30.0 Å². The number of alkyl halides is 3. The summed E-state index contributed by atoms with van der Waals surface area (Å²) in [5.74, 6) is 1.49. The maximum absolute atomic E-state index is 13.4. The Bertz CT molecular complexity index is 1600. The van der Waals surface area contributed by atoms with Crippen molar-refractivity contribution in [1.29, 1.82) is 0 Å². The maximum Gasteiger partial charge on any atom is 0.416 e. The van der Waals surface area contributed by atoms with Gasteiger partial charge in [0.25, 0.3) is 0 Å². The van der Waals surface area contributed by atoms with Gasteiger partial charge in [-0.25, -0.2) is 9.78 Å². The summed E-state index contributed by atoms with van der Waals surface area (Å²) < 4.78 is 56.8. The Labute approximate surface area is 266 Å². The van der Waals surface area contributed by atoms with Crippen LogP contribution in [0.15, 0.2) is 54.6 Å². The molecule has 2 saturated heterocycles. The molecular weight excluding hydrogens is 599 g/mol. The molecule has 2 atom stereocenters. The van der Waals surface area contributed by atoms with Crippen LogP contribution >= 0.6 is 0 Å². The zero-order chi connectivity index (χ0) is 32.6. The third-order valence-electron chi connectivity index (χ3n) is 9.64. The molecule has 0 unspecified atom stereocenters. The average Bonchev–Trinajstić information content (AvgIpc) is 3.31. The number of carbonyl (C=O) groups excluding carboxylic acids is 2.